The van der Waals surface area contributed by atoms with Crippen molar-refractivity contribution in [1.82, 2.24) is 4.90 Å². The molecule has 0 spiro atoms. The van der Waals surface area contributed by atoms with Crippen LogP contribution in [0.15, 0.2) is 72.8 Å². The van der Waals surface area contributed by atoms with Gasteiger partial charge in [0.25, 0.3) is 5.91 Å². The van der Waals surface area contributed by atoms with Crippen LogP contribution in [0.2, 0.25) is 5.02 Å². The maximum atomic E-state index is 13.3. The van der Waals surface area contributed by atoms with Crippen molar-refractivity contribution in [3.63, 3.8) is 0 Å². The van der Waals surface area contributed by atoms with Gasteiger partial charge in [0.15, 0.2) is 0 Å². The van der Waals surface area contributed by atoms with E-state index in [-0.39, 0.29) is 11.9 Å². The molecule has 1 fully saturated rings. The van der Waals surface area contributed by atoms with E-state index in [2.05, 4.69) is 4.90 Å². The molecular weight excluding hydrogens is 424 g/mol. The number of carbonyl (C=O) groups is 2. The SMILES string of the molecule is CCOC(=O)c1ccc(N2CCN(C(=O)c3ccccc3-c3ccc(Cl)cc3)CC2)cc1. The van der Waals surface area contributed by atoms with Crippen LogP contribution in [-0.4, -0.2) is 49.6 Å². The summed E-state index contributed by atoms with van der Waals surface area (Å²) in [6, 6.07) is 22.7. The van der Waals surface area contributed by atoms with Gasteiger partial charge in [-0.3, -0.25) is 4.79 Å². The lowest BCUT2D eigenvalue weighted by atomic mass is 9.98. The maximum absolute atomic E-state index is 13.3. The van der Waals surface area contributed by atoms with E-state index in [4.69, 9.17) is 16.3 Å². The minimum atomic E-state index is -0.311. The van der Waals surface area contributed by atoms with E-state index in [0.29, 0.717) is 35.8 Å². The highest BCUT2D eigenvalue weighted by molar-refractivity contribution is 6.30. The summed E-state index contributed by atoms with van der Waals surface area (Å²) in [5.41, 5.74) is 4.15. The van der Waals surface area contributed by atoms with Crippen molar-refractivity contribution in [2.75, 3.05) is 37.7 Å². The van der Waals surface area contributed by atoms with Gasteiger partial charge in [-0.15, -0.1) is 0 Å². The molecule has 0 saturated carbocycles. The van der Waals surface area contributed by atoms with Crippen molar-refractivity contribution in [2.45, 2.75) is 6.92 Å². The van der Waals surface area contributed by atoms with E-state index >= 15 is 0 Å². The number of carbonyl (C=O) groups excluding carboxylic acids is 2. The number of hydrogen-bond donors (Lipinski definition) is 0. The Morgan fingerprint density at radius 1 is 0.875 bits per heavy atom. The third-order valence-electron chi connectivity index (χ3n) is 5.62. The zero-order chi connectivity index (χ0) is 22.5. The Kier molecular flexibility index (Phi) is 6.76. The van der Waals surface area contributed by atoms with Crippen LogP contribution in [0.4, 0.5) is 5.69 Å². The van der Waals surface area contributed by atoms with Crippen LogP contribution in [-0.2, 0) is 4.74 Å². The molecule has 1 heterocycles. The van der Waals surface area contributed by atoms with E-state index in [9.17, 15) is 9.59 Å². The molecule has 164 valence electrons. The number of piperazine rings is 1. The summed E-state index contributed by atoms with van der Waals surface area (Å²) in [5, 5.41) is 0.670. The van der Waals surface area contributed by atoms with Gasteiger partial charge >= 0.3 is 5.97 Å². The summed E-state index contributed by atoms with van der Waals surface area (Å²) >= 11 is 6.02. The summed E-state index contributed by atoms with van der Waals surface area (Å²) in [5.74, 6) is -0.276. The summed E-state index contributed by atoms with van der Waals surface area (Å²) in [7, 11) is 0. The molecule has 1 saturated heterocycles. The van der Waals surface area contributed by atoms with E-state index in [1.807, 2.05) is 65.6 Å². The Hall–Kier alpha value is -3.31. The monoisotopic (exact) mass is 448 g/mol. The second-order valence-electron chi connectivity index (χ2n) is 7.60. The first kappa shape index (κ1) is 21.9. The Morgan fingerprint density at radius 2 is 1.53 bits per heavy atom. The number of ether oxygens (including phenoxy) is 1. The minimum Gasteiger partial charge on any atom is -0.462 e. The highest BCUT2D eigenvalue weighted by Gasteiger charge is 2.24. The molecule has 0 atom stereocenters. The topological polar surface area (TPSA) is 49.9 Å². The first-order valence-corrected chi connectivity index (χ1v) is 11.1. The molecule has 0 radical (unpaired) electrons. The lowest BCUT2D eigenvalue weighted by Crippen LogP contribution is -2.48. The Labute approximate surface area is 193 Å². The molecule has 1 aliphatic rings. The van der Waals surface area contributed by atoms with Crippen molar-refractivity contribution in [3.8, 4) is 11.1 Å². The van der Waals surface area contributed by atoms with Crippen LogP contribution in [0, 0.1) is 0 Å². The van der Waals surface area contributed by atoms with Gasteiger partial charge < -0.3 is 14.5 Å². The van der Waals surface area contributed by atoms with Crippen molar-refractivity contribution in [1.29, 1.82) is 0 Å². The van der Waals surface area contributed by atoms with Gasteiger partial charge in [-0.1, -0.05) is 41.9 Å². The van der Waals surface area contributed by atoms with Gasteiger partial charge in [0.1, 0.15) is 0 Å². The lowest BCUT2D eigenvalue weighted by Gasteiger charge is -2.36. The number of esters is 1. The number of rotatable bonds is 5. The molecule has 0 aliphatic carbocycles. The molecule has 32 heavy (non-hydrogen) atoms. The predicted octanol–water partition coefficient (Wildman–Crippen LogP) is 5.15. The average molecular weight is 449 g/mol. The zero-order valence-corrected chi connectivity index (χ0v) is 18.7. The number of benzene rings is 3. The maximum Gasteiger partial charge on any atom is 0.338 e. The van der Waals surface area contributed by atoms with Crippen molar-refractivity contribution in [3.05, 3.63) is 88.9 Å². The van der Waals surface area contributed by atoms with Crippen LogP contribution < -0.4 is 4.90 Å². The van der Waals surface area contributed by atoms with E-state index < -0.39 is 0 Å². The molecule has 6 heteroatoms. The molecule has 0 bridgehead atoms. The Bertz CT molecular complexity index is 1090. The van der Waals surface area contributed by atoms with Crippen LogP contribution in [0.1, 0.15) is 27.6 Å². The van der Waals surface area contributed by atoms with Crippen LogP contribution in [0.3, 0.4) is 0 Å². The fourth-order valence-corrected chi connectivity index (χ4v) is 4.04. The minimum absolute atomic E-state index is 0.0351. The van der Waals surface area contributed by atoms with Crippen molar-refractivity contribution in [2.24, 2.45) is 0 Å². The summed E-state index contributed by atoms with van der Waals surface area (Å²) < 4.78 is 5.04. The van der Waals surface area contributed by atoms with Gasteiger partial charge in [-0.2, -0.15) is 0 Å². The number of nitrogens with zero attached hydrogens (tertiary/aromatic N) is 2. The fourth-order valence-electron chi connectivity index (χ4n) is 3.91. The largest absolute Gasteiger partial charge is 0.462 e. The molecular formula is C26H25ClN2O3. The first-order valence-electron chi connectivity index (χ1n) is 10.7. The summed E-state index contributed by atoms with van der Waals surface area (Å²) in [4.78, 5) is 29.3. The highest BCUT2D eigenvalue weighted by Crippen LogP contribution is 2.27. The van der Waals surface area contributed by atoms with E-state index in [1.165, 1.54) is 0 Å². The molecule has 1 aliphatic heterocycles. The molecule has 0 aromatic heterocycles. The number of anilines is 1. The third-order valence-corrected chi connectivity index (χ3v) is 5.88. The number of halogens is 1. The normalized spacial score (nSPS) is 13.7. The van der Waals surface area contributed by atoms with Gasteiger partial charge in [-0.25, -0.2) is 4.79 Å². The summed E-state index contributed by atoms with van der Waals surface area (Å²) in [6.45, 7) is 4.88. The molecule has 5 nitrogen and oxygen atoms in total. The van der Waals surface area contributed by atoms with Crippen LogP contribution in [0.5, 0.6) is 0 Å². The molecule has 4 rings (SSSR count). The molecule has 1 amide bonds. The molecule has 0 unspecified atom stereocenters. The van der Waals surface area contributed by atoms with Crippen molar-refractivity contribution >= 4 is 29.2 Å². The van der Waals surface area contributed by atoms with Crippen LogP contribution in [0.25, 0.3) is 11.1 Å². The lowest BCUT2D eigenvalue weighted by molar-refractivity contribution is 0.0526. The molecule has 0 N–H and O–H groups in total. The van der Waals surface area contributed by atoms with Gasteiger partial charge in [-0.05, 0) is 60.5 Å². The van der Waals surface area contributed by atoms with Crippen LogP contribution >= 0.6 is 11.6 Å². The van der Waals surface area contributed by atoms with Crippen molar-refractivity contribution < 1.29 is 14.3 Å². The number of hydrogen-bond acceptors (Lipinski definition) is 4. The zero-order valence-electron chi connectivity index (χ0n) is 18.0. The first-order chi connectivity index (χ1) is 15.6. The molecule has 3 aromatic rings. The quantitative estimate of drug-likeness (QED) is 0.507. The predicted molar refractivity (Wildman–Crippen MR) is 127 cm³/mol. The van der Waals surface area contributed by atoms with Gasteiger partial charge in [0.05, 0.1) is 12.2 Å². The average Bonchev–Trinajstić information content (AvgIpc) is 2.84. The van der Waals surface area contributed by atoms with E-state index in [0.717, 1.165) is 29.9 Å². The smallest absolute Gasteiger partial charge is 0.338 e. The van der Waals surface area contributed by atoms with Gasteiger partial charge in [0, 0.05) is 42.5 Å². The van der Waals surface area contributed by atoms with Gasteiger partial charge in [0.2, 0.25) is 0 Å². The fraction of sp³-hybridized carbons (Fsp3) is 0.231. The third kappa shape index (κ3) is 4.78. The number of amides is 1. The standard InChI is InChI=1S/C26H25ClN2O3/c1-2-32-26(31)20-9-13-22(14-10-20)28-15-17-29(18-16-28)25(30)24-6-4-3-5-23(24)19-7-11-21(27)12-8-19/h3-14H,2,15-18H2,1H3. The second kappa shape index (κ2) is 9.88. The summed E-state index contributed by atoms with van der Waals surface area (Å²) in [6.07, 6.45) is 0. The van der Waals surface area contributed by atoms with E-state index in [1.54, 1.807) is 19.1 Å². The Morgan fingerprint density at radius 3 is 2.19 bits per heavy atom. The highest BCUT2D eigenvalue weighted by atomic mass is 35.5. The Balaban J connectivity index is 1.43. The molecule has 3 aromatic carbocycles. The second-order valence-corrected chi connectivity index (χ2v) is 8.04.